The third-order valence-electron chi connectivity index (χ3n) is 3.52. The molecule has 1 aliphatic rings. The second-order valence-electron chi connectivity index (χ2n) is 4.93. The SMILES string of the molecule is C=CCNCC(C)n1c(C)nc2c1CCCC2. The van der Waals surface area contributed by atoms with Crippen LogP contribution in [0.2, 0.25) is 0 Å². The van der Waals surface area contributed by atoms with Crippen LogP contribution in [-0.4, -0.2) is 22.6 Å². The summed E-state index contributed by atoms with van der Waals surface area (Å²) in [4.78, 5) is 4.72. The Labute approximate surface area is 104 Å². The van der Waals surface area contributed by atoms with E-state index in [1.165, 1.54) is 36.5 Å². The summed E-state index contributed by atoms with van der Waals surface area (Å²) in [6.45, 7) is 9.97. The number of hydrogen-bond donors (Lipinski definition) is 1. The number of hydrogen-bond acceptors (Lipinski definition) is 2. The minimum atomic E-state index is 0.476. The Kier molecular flexibility index (Phi) is 4.00. The molecule has 0 fully saturated rings. The van der Waals surface area contributed by atoms with E-state index in [-0.39, 0.29) is 0 Å². The number of nitrogens with one attached hydrogen (secondary N) is 1. The highest BCUT2D eigenvalue weighted by atomic mass is 15.1. The van der Waals surface area contributed by atoms with Crippen molar-refractivity contribution < 1.29 is 0 Å². The van der Waals surface area contributed by atoms with Gasteiger partial charge < -0.3 is 9.88 Å². The van der Waals surface area contributed by atoms with Crippen LogP contribution in [0.1, 0.15) is 43.0 Å². The van der Waals surface area contributed by atoms with Gasteiger partial charge in [0, 0.05) is 24.8 Å². The molecular formula is C14H23N3. The first-order valence-corrected chi connectivity index (χ1v) is 6.62. The van der Waals surface area contributed by atoms with Gasteiger partial charge in [0.25, 0.3) is 0 Å². The van der Waals surface area contributed by atoms with E-state index < -0.39 is 0 Å². The predicted molar refractivity (Wildman–Crippen MR) is 71.4 cm³/mol. The minimum Gasteiger partial charge on any atom is -0.328 e. The minimum absolute atomic E-state index is 0.476. The first-order chi connectivity index (χ1) is 8.24. The van der Waals surface area contributed by atoms with Crippen LogP contribution in [0.4, 0.5) is 0 Å². The van der Waals surface area contributed by atoms with Gasteiger partial charge in [-0.3, -0.25) is 0 Å². The molecule has 1 N–H and O–H groups in total. The van der Waals surface area contributed by atoms with Crippen LogP contribution in [0.5, 0.6) is 0 Å². The molecule has 1 aliphatic carbocycles. The third kappa shape index (κ3) is 2.60. The molecule has 0 saturated heterocycles. The van der Waals surface area contributed by atoms with Gasteiger partial charge in [-0.1, -0.05) is 6.08 Å². The van der Waals surface area contributed by atoms with E-state index in [2.05, 4.69) is 30.3 Å². The quantitative estimate of drug-likeness (QED) is 0.625. The largest absolute Gasteiger partial charge is 0.328 e. The van der Waals surface area contributed by atoms with E-state index in [1.54, 1.807) is 0 Å². The fourth-order valence-corrected chi connectivity index (χ4v) is 2.77. The molecule has 3 nitrogen and oxygen atoms in total. The van der Waals surface area contributed by atoms with E-state index in [0.717, 1.165) is 19.5 Å². The van der Waals surface area contributed by atoms with E-state index in [4.69, 9.17) is 4.98 Å². The maximum absolute atomic E-state index is 4.72. The maximum atomic E-state index is 4.72. The summed E-state index contributed by atoms with van der Waals surface area (Å²) in [5, 5.41) is 3.39. The van der Waals surface area contributed by atoms with Crippen molar-refractivity contribution in [2.45, 2.75) is 45.6 Å². The third-order valence-corrected chi connectivity index (χ3v) is 3.52. The van der Waals surface area contributed by atoms with Crippen LogP contribution in [0.3, 0.4) is 0 Å². The molecule has 0 amide bonds. The lowest BCUT2D eigenvalue weighted by Crippen LogP contribution is -2.25. The predicted octanol–water partition coefficient (Wildman–Crippen LogP) is 2.41. The second kappa shape index (κ2) is 5.50. The van der Waals surface area contributed by atoms with E-state index in [0.29, 0.717) is 6.04 Å². The molecule has 0 saturated carbocycles. The summed E-state index contributed by atoms with van der Waals surface area (Å²) in [6.07, 6.45) is 6.87. The first kappa shape index (κ1) is 12.4. The highest BCUT2D eigenvalue weighted by molar-refractivity contribution is 5.20. The second-order valence-corrected chi connectivity index (χ2v) is 4.93. The maximum Gasteiger partial charge on any atom is 0.106 e. The zero-order valence-electron chi connectivity index (χ0n) is 11.0. The number of nitrogens with zero attached hydrogens (tertiary/aromatic N) is 2. The molecule has 1 atom stereocenters. The number of aromatic nitrogens is 2. The van der Waals surface area contributed by atoms with Gasteiger partial charge in [0.2, 0.25) is 0 Å². The smallest absolute Gasteiger partial charge is 0.106 e. The van der Waals surface area contributed by atoms with Gasteiger partial charge in [-0.15, -0.1) is 6.58 Å². The fourth-order valence-electron chi connectivity index (χ4n) is 2.77. The lowest BCUT2D eigenvalue weighted by Gasteiger charge is -2.21. The summed E-state index contributed by atoms with van der Waals surface area (Å²) >= 11 is 0. The number of rotatable bonds is 5. The molecule has 1 aromatic heterocycles. The highest BCUT2D eigenvalue weighted by Gasteiger charge is 2.20. The summed E-state index contributed by atoms with van der Waals surface area (Å²) in [6, 6.07) is 0.476. The Morgan fingerprint density at radius 3 is 3.00 bits per heavy atom. The van der Waals surface area contributed by atoms with Crippen LogP contribution in [-0.2, 0) is 12.8 Å². The van der Waals surface area contributed by atoms with Gasteiger partial charge in [0.1, 0.15) is 5.82 Å². The Morgan fingerprint density at radius 2 is 2.24 bits per heavy atom. The van der Waals surface area contributed by atoms with Crippen molar-refractivity contribution in [3.05, 3.63) is 29.9 Å². The average Bonchev–Trinajstić information content (AvgIpc) is 2.65. The van der Waals surface area contributed by atoms with Crippen molar-refractivity contribution in [1.29, 1.82) is 0 Å². The van der Waals surface area contributed by atoms with E-state index in [9.17, 15) is 0 Å². The molecule has 1 heterocycles. The number of aryl methyl sites for hydroxylation is 2. The summed E-state index contributed by atoms with van der Waals surface area (Å²) < 4.78 is 2.42. The molecule has 1 aromatic rings. The molecule has 0 bridgehead atoms. The lowest BCUT2D eigenvalue weighted by atomic mass is 10.0. The van der Waals surface area contributed by atoms with E-state index >= 15 is 0 Å². The van der Waals surface area contributed by atoms with Crippen molar-refractivity contribution in [1.82, 2.24) is 14.9 Å². The van der Waals surface area contributed by atoms with Crippen LogP contribution < -0.4 is 5.32 Å². The summed E-state index contributed by atoms with van der Waals surface area (Å²) in [5.41, 5.74) is 2.81. The van der Waals surface area contributed by atoms with Crippen LogP contribution >= 0.6 is 0 Å². The number of imidazole rings is 1. The monoisotopic (exact) mass is 233 g/mol. The lowest BCUT2D eigenvalue weighted by molar-refractivity contribution is 0.475. The van der Waals surface area contributed by atoms with Gasteiger partial charge in [-0.2, -0.15) is 0 Å². The van der Waals surface area contributed by atoms with Crippen molar-refractivity contribution in [3.8, 4) is 0 Å². The zero-order valence-corrected chi connectivity index (χ0v) is 11.0. The first-order valence-electron chi connectivity index (χ1n) is 6.62. The fraction of sp³-hybridized carbons (Fsp3) is 0.643. The van der Waals surface area contributed by atoms with Gasteiger partial charge in [-0.05, 0) is 39.5 Å². The van der Waals surface area contributed by atoms with Crippen LogP contribution in [0, 0.1) is 6.92 Å². The number of fused-ring (bicyclic) bond motifs is 1. The van der Waals surface area contributed by atoms with Gasteiger partial charge in [0.15, 0.2) is 0 Å². The molecule has 2 rings (SSSR count). The molecular weight excluding hydrogens is 210 g/mol. The molecule has 0 radical (unpaired) electrons. The summed E-state index contributed by atoms with van der Waals surface area (Å²) in [5.74, 6) is 1.17. The molecule has 17 heavy (non-hydrogen) atoms. The molecule has 1 unspecified atom stereocenters. The molecule has 0 aliphatic heterocycles. The van der Waals surface area contributed by atoms with E-state index in [1.807, 2.05) is 6.08 Å². The van der Waals surface area contributed by atoms with Gasteiger partial charge >= 0.3 is 0 Å². The standard InChI is InChI=1S/C14H23N3/c1-4-9-15-10-11(2)17-12(3)16-13-7-5-6-8-14(13)17/h4,11,15H,1,5-10H2,2-3H3. The highest BCUT2D eigenvalue weighted by Crippen LogP contribution is 2.24. The molecule has 94 valence electrons. The topological polar surface area (TPSA) is 29.9 Å². The van der Waals surface area contributed by atoms with Crippen LogP contribution in [0.25, 0.3) is 0 Å². The zero-order chi connectivity index (χ0) is 12.3. The Balaban J connectivity index is 2.13. The average molecular weight is 233 g/mol. The van der Waals surface area contributed by atoms with Crippen molar-refractivity contribution >= 4 is 0 Å². The Morgan fingerprint density at radius 1 is 1.47 bits per heavy atom. The molecule has 0 aromatic carbocycles. The molecule has 3 heteroatoms. The van der Waals surface area contributed by atoms with Crippen molar-refractivity contribution in [2.24, 2.45) is 0 Å². The van der Waals surface area contributed by atoms with Crippen LogP contribution in [0.15, 0.2) is 12.7 Å². The van der Waals surface area contributed by atoms with Crippen molar-refractivity contribution in [3.63, 3.8) is 0 Å². The Bertz CT molecular complexity index is 392. The van der Waals surface area contributed by atoms with Gasteiger partial charge in [0.05, 0.1) is 5.69 Å². The summed E-state index contributed by atoms with van der Waals surface area (Å²) in [7, 11) is 0. The molecule has 0 spiro atoms. The normalized spacial score (nSPS) is 16.6. The Hall–Kier alpha value is -1.09. The van der Waals surface area contributed by atoms with Gasteiger partial charge in [-0.25, -0.2) is 4.98 Å². The van der Waals surface area contributed by atoms with Crippen molar-refractivity contribution in [2.75, 3.05) is 13.1 Å².